The molecule has 1 aliphatic heterocycles. The van der Waals surface area contributed by atoms with Crippen molar-refractivity contribution in [1.29, 1.82) is 0 Å². The molecule has 2 rings (SSSR count). The highest BCUT2D eigenvalue weighted by Crippen LogP contribution is 2.36. The van der Waals surface area contributed by atoms with Gasteiger partial charge in [-0.15, -0.1) is 0 Å². The van der Waals surface area contributed by atoms with Gasteiger partial charge >= 0.3 is 0 Å². The van der Waals surface area contributed by atoms with Crippen LogP contribution in [0, 0.1) is 17.8 Å². The molecule has 0 aromatic carbocycles. The van der Waals surface area contributed by atoms with Crippen molar-refractivity contribution >= 4 is 0 Å². The average molecular weight is 252 g/mol. The van der Waals surface area contributed by atoms with Gasteiger partial charge < -0.3 is 5.32 Å². The Morgan fingerprint density at radius 1 is 1.22 bits per heavy atom. The topological polar surface area (TPSA) is 15.3 Å². The molecule has 3 unspecified atom stereocenters. The van der Waals surface area contributed by atoms with Crippen molar-refractivity contribution in [3.63, 3.8) is 0 Å². The van der Waals surface area contributed by atoms with E-state index in [2.05, 4.69) is 37.9 Å². The molecule has 2 fully saturated rings. The molecule has 0 spiro atoms. The van der Waals surface area contributed by atoms with E-state index in [1.165, 1.54) is 45.3 Å². The zero-order valence-corrected chi connectivity index (χ0v) is 12.8. The minimum atomic E-state index is 0.720. The van der Waals surface area contributed by atoms with Gasteiger partial charge in [0, 0.05) is 25.2 Å². The Labute approximate surface area is 114 Å². The van der Waals surface area contributed by atoms with Gasteiger partial charge in [-0.25, -0.2) is 0 Å². The lowest BCUT2D eigenvalue weighted by Gasteiger charge is -2.43. The molecule has 1 saturated heterocycles. The molecular formula is C16H32N2. The van der Waals surface area contributed by atoms with E-state index in [0.717, 1.165) is 29.8 Å². The third kappa shape index (κ3) is 3.71. The molecule has 106 valence electrons. The van der Waals surface area contributed by atoms with Crippen molar-refractivity contribution in [3.8, 4) is 0 Å². The standard InChI is InChI=1S/C16H32N2/c1-5-13(4)15-11-18(9-8-12(2)3)16(10-17-15)14-6-7-14/h12-17H,5-11H2,1-4H3. The lowest BCUT2D eigenvalue weighted by molar-refractivity contribution is 0.0913. The second-order valence-corrected chi connectivity index (χ2v) is 6.98. The Morgan fingerprint density at radius 3 is 2.50 bits per heavy atom. The molecule has 0 aromatic rings. The van der Waals surface area contributed by atoms with Gasteiger partial charge in [0.25, 0.3) is 0 Å². The van der Waals surface area contributed by atoms with Gasteiger partial charge in [-0.2, -0.15) is 0 Å². The summed E-state index contributed by atoms with van der Waals surface area (Å²) in [6.45, 7) is 13.2. The van der Waals surface area contributed by atoms with Crippen molar-refractivity contribution in [1.82, 2.24) is 10.2 Å². The first-order valence-electron chi connectivity index (χ1n) is 8.09. The van der Waals surface area contributed by atoms with Gasteiger partial charge in [0.2, 0.25) is 0 Å². The van der Waals surface area contributed by atoms with Crippen LogP contribution in [0.3, 0.4) is 0 Å². The molecule has 2 aliphatic rings. The first kappa shape index (κ1) is 14.3. The van der Waals surface area contributed by atoms with Crippen LogP contribution in [0.5, 0.6) is 0 Å². The summed E-state index contributed by atoms with van der Waals surface area (Å²) in [6.07, 6.45) is 5.59. The predicted molar refractivity (Wildman–Crippen MR) is 78.8 cm³/mol. The van der Waals surface area contributed by atoms with E-state index in [4.69, 9.17) is 0 Å². The summed E-state index contributed by atoms with van der Waals surface area (Å²) in [5.74, 6) is 2.65. The normalized spacial score (nSPS) is 31.8. The zero-order valence-electron chi connectivity index (χ0n) is 12.8. The Kier molecular flexibility index (Phi) is 5.08. The maximum absolute atomic E-state index is 3.82. The molecular weight excluding hydrogens is 220 g/mol. The molecule has 2 heteroatoms. The molecule has 0 bridgehead atoms. The zero-order chi connectivity index (χ0) is 13.1. The minimum Gasteiger partial charge on any atom is -0.311 e. The number of hydrogen-bond acceptors (Lipinski definition) is 2. The third-order valence-electron chi connectivity index (χ3n) is 4.98. The van der Waals surface area contributed by atoms with Crippen LogP contribution in [0.2, 0.25) is 0 Å². The Bertz CT molecular complexity index is 247. The fourth-order valence-electron chi connectivity index (χ4n) is 3.15. The highest BCUT2D eigenvalue weighted by Gasteiger charge is 2.39. The van der Waals surface area contributed by atoms with E-state index in [1.54, 1.807) is 0 Å². The fraction of sp³-hybridized carbons (Fsp3) is 1.00. The Hall–Kier alpha value is -0.0800. The maximum atomic E-state index is 3.82. The summed E-state index contributed by atoms with van der Waals surface area (Å²) in [5.41, 5.74) is 0. The van der Waals surface area contributed by atoms with Gasteiger partial charge in [0.05, 0.1) is 0 Å². The van der Waals surface area contributed by atoms with E-state index in [9.17, 15) is 0 Å². The number of nitrogens with zero attached hydrogens (tertiary/aromatic N) is 1. The molecule has 1 heterocycles. The van der Waals surface area contributed by atoms with Crippen LogP contribution in [-0.4, -0.2) is 36.6 Å². The third-order valence-corrected chi connectivity index (χ3v) is 4.98. The lowest BCUT2D eigenvalue weighted by Crippen LogP contribution is -2.59. The van der Waals surface area contributed by atoms with Crippen LogP contribution in [0.1, 0.15) is 53.4 Å². The fourth-order valence-corrected chi connectivity index (χ4v) is 3.15. The molecule has 1 aliphatic carbocycles. The van der Waals surface area contributed by atoms with Gasteiger partial charge in [-0.05, 0) is 43.6 Å². The van der Waals surface area contributed by atoms with Gasteiger partial charge in [-0.1, -0.05) is 34.1 Å². The second kappa shape index (κ2) is 6.38. The van der Waals surface area contributed by atoms with Gasteiger partial charge in [0.15, 0.2) is 0 Å². The van der Waals surface area contributed by atoms with Crippen LogP contribution >= 0.6 is 0 Å². The first-order valence-corrected chi connectivity index (χ1v) is 8.09. The van der Waals surface area contributed by atoms with Crippen LogP contribution < -0.4 is 5.32 Å². The van der Waals surface area contributed by atoms with Crippen LogP contribution in [0.25, 0.3) is 0 Å². The predicted octanol–water partition coefficient (Wildman–Crippen LogP) is 3.13. The summed E-state index contributed by atoms with van der Waals surface area (Å²) >= 11 is 0. The van der Waals surface area contributed by atoms with Crippen LogP contribution in [-0.2, 0) is 0 Å². The molecule has 1 N–H and O–H groups in total. The highest BCUT2D eigenvalue weighted by atomic mass is 15.2. The summed E-state index contributed by atoms with van der Waals surface area (Å²) in [5, 5.41) is 3.82. The summed E-state index contributed by atoms with van der Waals surface area (Å²) < 4.78 is 0. The van der Waals surface area contributed by atoms with Crippen molar-refractivity contribution in [2.45, 2.75) is 65.5 Å². The molecule has 3 atom stereocenters. The number of rotatable bonds is 6. The van der Waals surface area contributed by atoms with E-state index in [0.29, 0.717) is 0 Å². The largest absolute Gasteiger partial charge is 0.311 e. The first-order chi connectivity index (χ1) is 8.61. The van der Waals surface area contributed by atoms with E-state index >= 15 is 0 Å². The van der Waals surface area contributed by atoms with Crippen molar-refractivity contribution in [3.05, 3.63) is 0 Å². The quantitative estimate of drug-likeness (QED) is 0.781. The highest BCUT2D eigenvalue weighted by molar-refractivity contribution is 4.95. The van der Waals surface area contributed by atoms with Gasteiger partial charge in [0.1, 0.15) is 0 Å². The summed E-state index contributed by atoms with van der Waals surface area (Å²) in [6, 6.07) is 1.56. The smallest absolute Gasteiger partial charge is 0.0249 e. The summed E-state index contributed by atoms with van der Waals surface area (Å²) in [7, 11) is 0. The number of nitrogens with one attached hydrogen (secondary N) is 1. The molecule has 0 amide bonds. The Morgan fingerprint density at radius 2 is 1.94 bits per heavy atom. The molecule has 1 saturated carbocycles. The Balaban J connectivity index is 1.89. The number of hydrogen-bond donors (Lipinski definition) is 1. The second-order valence-electron chi connectivity index (χ2n) is 6.98. The maximum Gasteiger partial charge on any atom is 0.0249 e. The summed E-state index contributed by atoms with van der Waals surface area (Å²) in [4.78, 5) is 2.81. The van der Waals surface area contributed by atoms with Crippen molar-refractivity contribution < 1.29 is 0 Å². The molecule has 2 nitrogen and oxygen atoms in total. The monoisotopic (exact) mass is 252 g/mol. The lowest BCUT2D eigenvalue weighted by atomic mass is 9.94. The molecule has 0 radical (unpaired) electrons. The molecule has 18 heavy (non-hydrogen) atoms. The van der Waals surface area contributed by atoms with Crippen LogP contribution in [0.15, 0.2) is 0 Å². The van der Waals surface area contributed by atoms with E-state index < -0.39 is 0 Å². The van der Waals surface area contributed by atoms with Crippen molar-refractivity contribution in [2.75, 3.05) is 19.6 Å². The van der Waals surface area contributed by atoms with Crippen LogP contribution in [0.4, 0.5) is 0 Å². The SMILES string of the molecule is CCC(C)C1CN(CCC(C)C)C(C2CC2)CN1. The van der Waals surface area contributed by atoms with E-state index in [-0.39, 0.29) is 0 Å². The number of piperazine rings is 1. The average Bonchev–Trinajstić information content (AvgIpc) is 3.19. The minimum absolute atomic E-state index is 0.720. The van der Waals surface area contributed by atoms with Crippen molar-refractivity contribution in [2.24, 2.45) is 17.8 Å². The van der Waals surface area contributed by atoms with Gasteiger partial charge in [-0.3, -0.25) is 4.90 Å². The molecule has 0 aromatic heterocycles. The van der Waals surface area contributed by atoms with E-state index in [1.807, 2.05) is 0 Å².